The summed E-state index contributed by atoms with van der Waals surface area (Å²) >= 11 is 0. The average molecular weight is 248 g/mol. The highest BCUT2D eigenvalue weighted by atomic mass is 16.3. The lowest BCUT2D eigenvalue weighted by molar-refractivity contribution is 0.0588. The molecular weight excluding hydrogens is 224 g/mol. The molecule has 1 fully saturated rings. The third-order valence-corrected chi connectivity index (χ3v) is 3.71. The number of hydrogen-bond acceptors (Lipinski definition) is 3. The summed E-state index contributed by atoms with van der Waals surface area (Å²) in [6.45, 7) is 12.0. The molecule has 100 valence electrons. The van der Waals surface area contributed by atoms with E-state index in [0.717, 1.165) is 38.3 Å². The molecule has 1 aromatic carbocycles. The van der Waals surface area contributed by atoms with Crippen LogP contribution in [0.2, 0.25) is 0 Å². The van der Waals surface area contributed by atoms with Crippen LogP contribution in [0, 0.1) is 0 Å². The van der Waals surface area contributed by atoms with Gasteiger partial charge in [-0.2, -0.15) is 0 Å². The predicted molar refractivity (Wildman–Crippen MR) is 74.7 cm³/mol. The summed E-state index contributed by atoms with van der Waals surface area (Å²) in [6.07, 6.45) is 0. The van der Waals surface area contributed by atoms with Crippen LogP contribution in [0.25, 0.3) is 0 Å². The molecule has 1 N–H and O–H groups in total. The smallest absolute Gasteiger partial charge is 0.120 e. The molecule has 0 aromatic heterocycles. The number of phenols is 1. The zero-order valence-electron chi connectivity index (χ0n) is 11.7. The van der Waals surface area contributed by atoms with E-state index in [2.05, 4.69) is 30.6 Å². The normalized spacial score (nSPS) is 19.1. The Morgan fingerprint density at radius 3 is 2.22 bits per heavy atom. The molecule has 0 saturated carbocycles. The van der Waals surface area contributed by atoms with Gasteiger partial charge in [0.1, 0.15) is 5.75 Å². The SMILES string of the molecule is CC(C)(C)N1CCN(Cc2ccccc2O)CC1. The number of piperazine rings is 1. The molecule has 1 aliphatic rings. The van der Waals surface area contributed by atoms with Gasteiger partial charge in [-0.15, -0.1) is 0 Å². The molecule has 1 saturated heterocycles. The number of para-hydroxylation sites is 1. The Morgan fingerprint density at radius 2 is 1.67 bits per heavy atom. The Kier molecular flexibility index (Phi) is 3.93. The number of rotatable bonds is 2. The summed E-state index contributed by atoms with van der Waals surface area (Å²) < 4.78 is 0. The molecule has 2 rings (SSSR count). The third kappa shape index (κ3) is 3.24. The molecule has 1 aromatic rings. The zero-order valence-corrected chi connectivity index (χ0v) is 11.7. The fourth-order valence-electron chi connectivity index (χ4n) is 2.46. The molecule has 0 atom stereocenters. The molecule has 0 radical (unpaired) electrons. The number of phenolic OH excluding ortho intramolecular Hbond substituents is 1. The number of aromatic hydroxyl groups is 1. The van der Waals surface area contributed by atoms with Gasteiger partial charge in [0.2, 0.25) is 0 Å². The molecule has 0 bridgehead atoms. The minimum absolute atomic E-state index is 0.265. The third-order valence-electron chi connectivity index (χ3n) is 3.71. The molecule has 1 heterocycles. The van der Waals surface area contributed by atoms with Crippen molar-refractivity contribution in [3.63, 3.8) is 0 Å². The fraction of sp³-hybridized carbons (Fsp3) is 0.600. The topological polar surface area (TPSA) is 26.7 Å². The van der Waals surface area contributed by atoms with Crippen molar-refractivity contribution in [1.29, 1.82) is 0 Å². The van der Waals surface area contributed by atoms with E-state index in [1.165, 1.54) is 0 Å². The Hall–Kier alpha value is -1.06. The summed E-state index contributed by atoms with van der Waals surface area (Å²) in [5, 5.41) is 9.79. The van der Waals surface area contributed by atoms with Crippen LogP contribution >= 0.6 is 0 Å². The average Bonchev–Trinajstić information content (AvgIpc) is 2.32. The first-order valence-electron chi connectivity index (χ1n) is 6.71. The Balaban J connectivity index is 1.90. The highest BCUT2D eigenvalue weighted by molar-refractivity contribution is 5.31. The van der Waals surface area contributed by atoms with Gasteiger partial charge in [-0.25, -0.2) is 0 Å². The van der Waals surface area contributed by atoms with E-state index < -0.39 is 0 Å². The lowest BCUT2D eigenvalue weighted by Gasteiger charge is -2.42. The number of hydrogen-bond donors (Lipinski definition) is 1. The largest absolute Gasteiger partial charge is 0.508 e. The van der Waals surface area contributed by atoms with Crippen molar-refractivity contribution < 1.29 is 5.11 Å². The van der Waals surface area contributed by atoms with Gasteiger partial charge in [0.25, 0.3) is 0 Å². The number of benzene rings is 1. The van der Waals surface area contributed by atoms with E-state index in [-0.39, 0.29) is 5.54 Å². The molecule has 3 heteroatoms. The minimum atomic E-state index is 0.265. The Labute approximate surface area is 110 Å². The van der Waals surface area contributed by atoms with Crippen LogP contribution < -0.4 is 0 Å². The summed E-state index contributed by atoms with van der Waals surface area (Å²) in [4.78, 5) is 4.94. The first kappa shape index (κ1) is 13.4. The van der Waals surface area contributed by atoms with Crippen molar-refractivity contribution in [2.24, 2.45) is 0 Å². The van der Waals surface area contributed by atoms with Crippen LogP contribution in [0.3, 0.4) is 0 Å². The summed E-state index contributed by atoms with van der Waals surface area (Å²) in [6, 6.07) is 7.63. The lowest BCUT2D eigenvalue weighted by atomic mass is 10.0. The molecule has 0 unspecified atom stereocenters. The van der Waals surface area contributed by atoms with E-state index in [0.29, 0.717) is 5.75 Å². The van der Waals surface area contributed by atoms with Gasteiger partial charge in [-0.3, -0.25) is 9.80 Å². The van der Waals surface area contributed by atoms with Crippen LogP contribution in [0.15, 0.2) is 24.3 Å². The molecule has 0 aliphatic carbocycles. The van der Waals surface area contributed by atoms with Crippen molar-refractivity contribution >= 4 is 0 Å². The van der Waals surface area contributed by atoms with Gasteiger partial charge in [0, 0.05) is 43.8 Å². The van der Waals surface area contributed by atoms with Gasteiger partial charge in [-0.1, -0.05) is 18.2 Å². The Bertz CT molecular complexity index is 390. The lowest BCUT2D eigenvalue weighted by Crippen LogP contribution is -2.53. The first-order valence-corrected chi connectivity index (χ1v) is 6.71. The van der Waals surface area contributed by atoms with Crippen molar-refractivity contribution in [3.05, 3.63) is 29.8 Å². The molecule has 18 heavy (non-hydrogen) atoms. The standard InChI is InChI=1S/C15H24N2O/c1-15(2,3)17-10-8-16(9-11-17)12-13-6-4-5-7-14(13)18/h4-7,18H,8-12H2,1-3H3. The van der Waals surface area contributed by atoms with Crippen molar-refractivity contribution in [2.75, 3.05) is 26.2 Å². The first-order chi connectivity index (χ1) is 8.47. The Morgan fingerprint density at radius 1 is 1.06 bits per heavy atom. The van der Waals surface area contributed by atoms with Crippen molar-refractivity contribution in [3.8, 4) is 5.75 Å². The van der Waals surface area contributed by atoms with Crippen LogP contribution in [-0.4, -0.2) is 46.6 Å². The van der Waals surface area contributed by atoms with Crippen LogP contribution in [0.1, 0.15) is 26.3 Å². The summed E-state index contributed by atoms with van der Waals surface area (Å²) in [7, 11) is 0. The molecular formula is C15H24N2O. The highest BCUT2D eigenvalue weighted by Crippen LogP contribution is 2.20. The second-order valence-electron chi connectivity index (χ2n) is 6.06. The quantitative estimate of drug-likeness (QED) is 0.870. The van der Waals surface area contributed by atoms with E-state index in [9.17, 15) is 5.11 Å². The van der Waals surface area contributed by atoms with Crippen LogP contribution in [0.5, 0.6) is 5.75 Å². The van der Waals surface area contributed by atoms with Crippen molar-refractivity contribution in [1.82, 2.24) is 9.80 Å². The molecule has 3 nitrogen and oxygen atoms in total. The van der Waals surface area contributed by atoms with Gasteiger partial charge < -0.3 is 5.11 Å². The maximum absolute atomic E-state index is 9.79. The van der Waals surface area contributed by atoms with E-state index in [1.807, 2.05) is 18.2 Å². The summed E-state index contributed by atoms with van der Waals surface area (Å²) in [5.41, 5.74) is 1.29. The highest BCUT2D eigenvalue weighted by Gasteiger charge is 2.25. The van der Waals surface area contributed by atoms with Crippen LogP contribution in [0.4, 0.5) is 0 Å². The summed E-state index contributed by atoms with van der Waals surface area (Å²) in [5.74, 6) is 0.413. The van der Waals surface area contributed by atoms with E-state index in [1.54, 1.807) is 6.07 Å². The second kappa shape index (κ2) is 5.29. The van der Waals surface area contributed by atoms with Crippen LogP contribution in [-0.2, 0) is 6.54 Å². The zero-order chi connectivity index (χ0) is 13.2. The fourth-order valence-corrected chi connectivity index (χ4v) is 2.46. The van der Waals surface area contributed by atoms with Gasteiger partial charge >= 0.3 is 0 Å². The maximum atomic E-state index is 9.79. The van der Waals surface area contributed by atoms with E-state index in [4.69, 9.17) is 0 Å². The van der Waals surface area contributed by atoms with Crippen molar-refractivity contribution in [2.45, 2.75) is 32.9 Å². The van der Waals surface area contributed by atoms with Gasteiger partial charge in [0.15, 0.2) is 0 Å². The van der Waals surface area contributed by atoms with E-state index >= 15 is 0 Å². The second-order valence-corrected chi connectivity index (χ2v) is 6.06. The molecule has 0 amide bonds. The van der Waals surface area contributed by atoms with Gasteiger partial charge in [-0.05, 0) is 26.8 Å². The predicted octanol–water partition coefficient (Wildman–Crippen LogP) is 2.31. The van der Waals surface area contributed by atoms with Gasteiger partial charge in [0.05, 0.1) is 0 Å². The molecule has 1 aliphatic heterocycles. The minimum Gasteiger partial charge on any atom is -0.508 e. The maximum Gasteiger partial charge on any atom is 0.120 e. The molecule has 0 spiro atoms. The number of nitrogens with zero attached hydrogens (tertiary/aromatic N) is 2. The monoisotopic (exact) mass is 248 g/mol.